The van der Waals surface area contributed by atoms with E-state index >= 15 is 0 Å². The molecular formula is C16H34N2O2. The first kappa shape index (κ1) is 19.4. The van der Waals surface area contributed by atoms with Crippen molar-refractivity contribution in [1.82, 2.24) is 10.2 Å². The lowest BCUT2D eigenvalue weighted by molar-refractivity contribution is -0.143. The molecule has 0 radical (unpaired) electrons. The van der Waals surface area contributed by atoms with Crippen LogP contribution in [0.3, 0.4) is 0 Å². The third-order valence-electron chi connectivity index (χ3n) is 3.00. The van der Waals surface area contributed by atoms with Crippen molar-refractivity contribution >= 4 is 5.97 Å². The van der Waals surface area contributed by atoms with Crippen molar-refractivity contribution < 1.29 is 9.53 Å². The van der Waals surface area contributed by atoms with Crippen LogP contribution in [-0.2, 0) is 9.53 Å². The van der Waals surface area contributed by atoms with Gasteiger partial charge in [0.2, 0.25) is 0 Å². The van der Waals surface area contributed by atoms with Crippen LogP contribution in [0.5, 0.6) is 0 Å². The van der Waals surface area contributed by atoms with Gasteiger partial charge in [0.05, 0.1) is 7.11 Å². The Hall–Kier alpha value is -0.610. The fraction of sp³-hybridized carbons (Fsp3) is 0.938. The lowest BCUT2D eigenvalue weighted by Gasteiger charge is -2.28. The average Bonchev–Trinajstić information content (AvgIpc) is 2.31. The van der Waals surface area contributed by atoms with E-state index in [1.54, 1.807) is 0 Å². The molecule has 4 nitrogen and oxygen atoms in total. The summed E-state index contributed by atoms with van der Waals surface area (Å²) in [7, 11) is 1.46. The normalized spacial score (nSPS) is 13.6. The SMILES string of the molecule is COC(=O)C(CCN(CC(C)C)CC(C)C)NC(C)C. The summed E-state index contributed by atoms with van der Waals surface area (Å²) in [5.41, 5.74) is 0. The highest BCUT2D eigenvalue weighted by Gasteiger charge is 2.21. The maximum Gasteiger partial charge on any atom is 0.322 e. The van der Waals surface area contributed by atoms with Crippen molar-refractivity contribution in [1.29, 1.82) is 0 Å². The Labute approximate surface area is 125 Å². The second-order valence-corrected chi connectivity index (χ2v) is 6.73. The van der Waals surface area contributed by atoms with E-state index < -0.39 is 0 Å². The summed E-state index contributed by atoms with van der Waals surface area (Å²) in [6.45, 7) is 16.1. The second-order valence-electron chi connectivity index (χ2n) is 6.73. The summed E-state index contributed by atoms with van der Waals surface area (Å²) in [6, 6.07) is 0.0737. The van der Waals surface area contributed by atoms with Crippen LogP contribution in [0.15, 0.2) is 0 Å². The van der Waals surface area contributed by atoms with Crippen LogP contribution in [0.25, 0.3) is 0 Å². The number of hydrogen-bond donors (Lipinski definition) is 1. The van der Waals surface area contributed by atoms with Gasteiger partial charge in [-0.25, -0.2) is 0 Å². The van der Waals surface area contributed by atoms with Gasteiger partial charge in [0.25, 0.3) is 0 Å². The minimum atomic E-state index is -0.207. The summed E-state index contributed by atoms with van der Waals surface area (Å²) in [4.78, 5) is 14.3. The number of esters is 1. The number of ether oxygens (including phenoxy) is 1. The standard InChI is InChI=1S/C16H34N2O2/c1-12(2)10-18(11-13(3)4)9-8-15(16(19)20-7)17-14(5)6/h12-15,17H,8-11H2,1-7H3. The van der Waals surface area contributed by atoms with Gasteiger partial charge in [-0.3, -0.25) is 4.79 Å². The first-order valence-corrected chi connectivity index (χ1v) is 7.82. The smallest absolute Gasteiger partial charge is 0.322 e. The minimum absolute atomic E-state index is 0.159. The van der Waals surface area contributed by atoms with Gasteiger partial charge in [0.1, 0.15) is 6.04 Å². The number of nitrogens with one attached hydrogen (secondary N) is 1. The highest BCUT2D eigenvalue weighted by molar-refractivity contribution is 5.75. The predicted molar refractivity (Wildman–Crippen MR) is 84.8 cm³/mol. The van der Waals surface area contributed by atoms with E-state index in [1.165, 1.54) is 7.11 Å². The molecule has 0 aromatic rings. The third kappa shape index (κ3) is 9.32. The molecule has 0 saturated heterocycles. The Balaban J connectivity index is 4.47. The van der Waals surface area contributed by atoms with E-state index in [9.17, 15) is 4.79 Å². The number of carbonyl (C=O) groups is 1. The molecule has 120 valence electrons. The van der Waals surface area contributed by atoms with Crippen LogP contribution < -0.4 is 5.32 Å². The van der Waals surface area contributed by atoms with Crippen LogP contribution in [0.2, 0.25) is 0 Å². The van der Waals surface area contributed by atoms with Gasteiger partial charge in [0.15, 0.2) is 0 Å². The molecule has 0 aliphatic rings. The largest absolute Gasteiger partial charge is 0.468 e. The van der Waals surface area contributed by atoms with Crippen LogP contribution in [0, 0.1) is 11.8 Å². The van der Waals surface area contributed by atoms with Gasteiger partial charge < -0.3 is 15.0 Å². The number of hydrogen-bond acceptors (Lipinski definition) is 4. The van der Waals surface area contributed by atoms with Gasteiger partial charge >= 0.3 is 5.97 Å². The molecule has 0 rings (SSSR count). The summed E-state index contributed by atoms with van der Waals surface area (Å²) in [6.07, 6.45) is 0.796. The molecule has 0 aliphatic heterocycles. The summed E-state index contributed by atoms with van der Waals surface area (Å²) in [5.74, 6) is 1.12. The van der Waals surface area contributed by atoms with Crippen LogP contribution >= 0.6 is 0 Å². The molecule has 0 bridgehead atoms. The molecule has 0 heterocycles. The Morgan fingerprint density at radius 2 is 1.55 bits per heavy atom. The molecule has 0 amide bonds. The van der Waals surface area contributed by atoms with Crippen molar-refractivity contribution in [2.24, 2.45) is 11.8 Å². The van der Waals surface area contributed by atoms with Gasteiger partial charge in [0, 0.05) is 25.7 Å². The fourth-order valence-corrected chi connectivity index (χ4v) is 2.42. The highest BCUT2D eigenvalue weighted by atomic mass is 16.5. The van der Waals surface area contributed by atoms with Crippen LogP contribution in [0.4, 0.5) is 0 Å². The Morgan fingerprint density at radius 3 is 1.90 bits per heavy atom. The van der Waals surface area contributed by atoms with Crippen molar-refractivity contribution in [3.8, 4) is 0 Å². The molecule has 4 heteroatoms. The molecule has 1 unspecified atom stereocenters. The summed E-state index contributed by atoms with van der Waals surface area (Å²) < 4.78 is 4.89. The van der Waals surface area contributed by atoms with Gasteiger partial charge in [-0.1, -0.05) is 41.5 Å². The van der Waals surface area contributed by atoms with E-state index in [0.29, 0.717) is 11.8 Å². The van der Waals surface area contributed by atoms with Gasteiger partial charge in [-0.05, 0) is 18.3 Å². The summed E-state index contributed by atoms with van der Waals surface area (Å²) >= 11 is 0. The number of rotatable bonds is 10. The maximum absolute atomic E-state index is 11.8. The summed E-state index contributed by atoms with van der Waals surface area (Å²) in [5, 5.41) is 3.29. The molecular weight excluding hydrogens is 252 g/mol. The molecule has 0 aromatic heterocycles. The average molecular weight is 286 g/mol. The van der Waals surface area contributed by atoms with Crippen molar-refractivity contribution in [2.45, 2.75) is 60.0 Å². The Kier molecular flexibility index (Phi) is 9.86. The Morgan fingerprint density at radius 1 is 1.05 bits per heavy atom. The van der Waals surface area contributed by atoms with E-state index in [-0.39, 0.29) is 18.1 Å². The van der Waals surface area contributed by atoms with Crippen molar-refractivity contribution in [2.75, 3.05) is 26.7 Å². The first-order valence-electron chi connectivity index (χ1n) is 7.82. The number of nitrogens with zero attached hydrogens (tertiary/aromatic N) is 1. The fourth-order valence-electron chi connectivity index (χ4n) is 2.42. The lowest BCUT2D eigenvalue weighted by Crippen LogP contribution is -2.44. The van der Waals surface area contributed by atoms with E-state index in [2.05, 4.69) is 51.8 Å². The minimum Gasteiger partial charge on any atom is -0.468 e. The van der Waals surface area contributed by atoms with E-state index in [1.807, 2.05) is 0 Å². The Bertz CT molecular complexity index is 255. The molecule has 0 aromatic carbocycles. The van der Waals surface area contributed by atoms with Crippen LogP contribution in [-0.4, -0.2) is 49.7 Å². The topological polar surface area (TPSA) is 41.6 Å². The quantitative estimate of drug-likeness (QED) is 0.627. The molecule has 1 atom stereocenters. The predicted octanol–water partition coefficient (Wildman–Crippen LogP) is 2.53. The zero-order valence-electron chi connectivity index (χ0n) is 14.4. The number of methoxy groups -OCH3 is 1. The van der Waals surface area contributed by atoms with Gasteiger partial charge in [-0.15, -0.1) is 0 Å². The zero-order valence-corrected chi connectivity index (χ0v) is 14.4. The van der Waals surface area contributed by atoms with Crippen LogP contribution in [0.1, 0.15) is 48.0 Å². The molecule has 0 spiro atoms. The van der Waals surface area contributed by atoms with Crippen molar-refractivity contribution in [3.63, 3.8) is 0 Å². The third-order valence-corrected chi connectivity index (χ3v) is 3.00. The van der Waals surface area contributed by atoms with Gasteiger partial charge in [-0.2, -0.15) is 0 Å². The van der Waals surface area contributed by atoms with E-state index in [0.717, 1.165) is 26.1 Å². The molecule has 1 N–H and O–H groups in total. The highest BCUT2D eigenvalue weighted by Crippen LogP contribution is 2.07. The first-order chi connectivity index (χ1) is 9.26. The maximum atomic E-state index is 11.8. The zero-order chi connectivity index (χ0) is 15.7. The monoisotopic (exact) mass is 286 g/mol. The molecule has 0 fully saturated rings. The molecule has 0 saturated carbocycles. The molecule has 0 aliphatic carbocycles. The molecule has 20 heavy (non-hydrogen) atoms. The van der Waals surface area contributed by atoms with E-state index in [4.69, 9.17) is 4.74 Å². The second kappa shape index (κ2) is 10.2. The van der Waals surface area contributed by atoms with Crippen molar-refractivity contribution in [3.05, 3.63) is 0 Å². The number of carbonyl (C=O) groups excluding carboxylic acids is 1. The lowest BCUT2D eigenvalue weighted by atomic mass is 10.1.